The van der Waals surface area contributed by atoms with E-state index in [0.717, 1.165) is 17.5 Å². The van der Waals surface area contributed by atoms with Gasteiger partial charge in [-0.15, -0.1) is 0 Å². The van der Waals surface area contributed by atoms with Crippen molar-refractivity contribution in [1.82, 2.24) is 0 Å². The topological polar surface area (TPSA) is 29.5 Å². The van der Waals surface area contributed by atoms with Crippen LogP contribution in [0.1, 0.15) is 26.3 Å². The zero-order valence-corrected chi connectivity index (χ0v) is 15.3. The second-order valence-electron chi connectivity index (χ2n) is 7.08. The minimum atomic E-state index is -1.55. The maximum absolute atomic E-state index is 10.0. The summed E-state index contributed by atoms with van der Waals surface area (Å²) in [4.78, 5) is 0. The lowest BCUT2D eigenvalue weighted by Crippen LogP contribution is -2.45. The summed E-state index contributed by atoms with van der Waals surface area (Å²) in [6.07, 6.45) is 0.752. The molecule has 2 rings (SSSR count). The van der Waals surface area contributed by atoms with Crippen LogP contribution in [0.3, 0.4) is 0 Å². The first-order valence-corrected chi connectivity index (χ1v) is 11.3. The van der Waals surface area contributed by atoms with Crippen molar-refractivity contribution in [3.8, 4) is 11.5 Å². The number of thiophene rings is 1. The van der Waals surface area contributed by atoms with Crippen LogP contribution in [0.2, 0.25) is 13.1 Å². The normalized spacial score (nSPS) is 12.4. The van der Waals surface area contributed by atoms with Crippen molar-refractivity contribution in [2.75, 3.05) is 6.23 Å². The molecule has 1 aromatic carbocycles. The van der Waals surface area contributed by atoms with Gasteiger partial charge in [-0.1, -0.05) is 46.0 Å². The number of aromatic hydroxyl groups is 1. The fourth-order valence-corrected chi connectivity index (χ4v) is 5.54. The molecule has 0 aliphatic carbocycles. The Morgan fingerprint density at radius 2 is 1.90 bits per heavy atom. The number of benzene rings is 1. The summed E-state index contributed by atoms with van der Waals surface area (Å²) in [6.45, 7) is 10.9. The van der Waals surface area contributed by atoms with Gasteiger partial charge in [0.05, 0.1) is 6.23 Å². The summed E-state index contributed by atoms with van der Waals surface area (Å²) >= 11 is 1.82. The molecule has 4 heteroatoms. The Kier molecular flexibility index (Phi) is 4.49. The first-order valence-electron chi connectivity index (χ1n) is 7.20. The lowest BCUT2D eigenvalue weighted by molar-refractivity contribution is 0.374. The Hall–Kier alpha value is -1.26. The fourth-order valence-electron chi connectivity index (χ4n) is 2.20. The third-order valence-corrected chi connectivity index (χ3v) is 8.63. The molecule has 0 bridgehead atoms. The van der Waals surface area contributed by atoms with E-state index >= 15 is 0 Å². The molecule has 1 N–H and O–H groups in total. The van der Waals surface area contributed by atoms with Gasteiger partial charge in [-0.25, -0.2) is 0 Å². The van der Waals surface area contributed by atoms with Crippen LogP contribution in [-0.2, 0) is 5.41 Å². The van der Waals surface area contributed by atoms with Gasteiger partial charge in [0.1, 0.15) is 19.6 Å². The average Bonchev–Trinajstić information content (AvgIpc) is 2.91. The Morgan fingerprint density at radius 1 is 1.19 bits per heavy atom. The maximum atomic E-state index is 10.0. The third-order valence-electron chi connectivity index (χ3n) is 3.56. The molecule has 1 heterocycles. The summed E-state index contributed by atoms with van der Waals surface area (Å²) in [5.41, 5.74) is 0.833. The molecule has 0 saturated heterocycles. The molecule has 21 heavy (non-hydrogen) atoms. The van der Waals surface area contributed by atoms with E-state index in [1.54, 1.807) is 6.07 Å². The molecule has 0 spiro atoms. The Balaban J connectivity index is 2.14. The molecule has 0 aliphatic heterocycles. The van der Waals surface area contributed by atoms with Crippen molar-refractivity contribution in [2.24, 2.45) is 0 Å². The Bertz CT molecular complexity index is 598. The highest BCUT2D eigenvalue weighted by atomic mass is 32.1. The van der Waals surface area contributed by atoms with Crippen molar-refractivity contribution in [3.05, 3.63) is 41.3 Å². The highest BCUT2D eigenvalue weighted by Gasteiger charge is 2.26. The van der Waals surface area contributed by atoms with E-state index in [9.17, 15) is 5.11 Å². The van der Waals surface area contributed by atoms with Crippen molar-refractivity contribution in [3.63, 3.8) is 0 Å². The van der Waals surface area contributed by atoms with Gasteiger partial charge in [0.25, 0.3) is 0 Å². The molecule has 0 unspecified atom stereocenters. The number of hydrogen-bond acceptors (Lipinski definition) is 3. The second-order valence-corrected chi connectivity index (χ2v) is 13.0. The predicted molar refractivity (Wildman–Crippen MR) is 93.7 cm³/mol. The number of hydrogen-bond donors (Lipinski definition) is 1. The number of ether oxygens (including phenoxy) is 1. The molecule has 0 saturated carbocycles. The van der Waals surface area contributed by atoms with Crippen LogP contribution in [0.15, 0.2) is 35.7 Å². The highest BCUT2D eigenvalue weighted by Crippen LogP contribution is 2.33. The van der Waals surface area contributed by atoms with Gasteiger partial charge in [0, 0.05) is 5.56 Å². The Labute approximate surface area is 132 Å². The van der Waals surface area contributed by atoms with Crippen LogP contribution in [0.5, 0.6) is 11.5 Å². The quantitative estimate of drug-likeness (QED) is 0.852. The Morgan fingerprint density at radius 3 is 2.48 bits per heavy atom. The molecule has 0 radical (unpaired) electrons. The van der Waals surface area contributed by atoms with Crippen molar-refractivity contribution >= 4 is 23.9 Å². The van der Waals surface area contributed by atoms with E-state index in [2.05, 4.69) is 51.4 Å². The lowest BCUT2D eigenvalue weighted by atomic mass is 9.86. The van der Waals surface area contributed by atoms with Crippen LogP contribution in [-0.4, -0.2) is 19.4 Å². The fraction of sp³-hybridized carbons (Fsp3) is 0.412. The smallest absolute Gasteiger partial charge is 0.136 e. The van der Waals surface area contributed by atoms with Gasteiger partial charge < -0.3 is 9.84 Å². The first-order chi connectivity index (χ1) is 9.70. The summed E-state index contributed by atoms with van der Waals surface area (Å²) in [5, 5.41) is 12.1. The van der Waals surface area contributed by atoms with Gasteiger partial charge in [-0.05, 0) is 33.5 Å². The molecule has 2 nitrogen and oxygen atoms in total. The van der Waals surface area contributed by atoms with Gasteiger partial charge in [0.15, 0.2) is 0 Å². The standard InChI is InChI=1S/C17H24O2SSi/c1-17(2,3)14-11-13(8-9-15(14)18)19-12-21(4,5)16-7-6-10-20-16/h6-11,18H,12H2,1-5H3. The van der Waals surface area contributed by atoms with E-state index < -0.39 is 8.07 Å². The van der Waals surface area contributed by atoms with Gasteiger partial charge in [0.2, 0.25) is 0 Å². The molecule has 0 fully saturated rings. The summed E-state index contributed by atoms with van der Waals surface area (Å²) < 4.78 is 7.50. The summed E-state index contributed by atoms with van der Waals surface area (Å²) in [5.74, 6) is 1.18. The molecule has 2 aromatic rings. The molecule has 1 aromatic heterocycles. The SMILES string of the molecule is CC(C)(C)c1cc(OC[Si](C)(C)c2cccs2)ccc1O. The van der Waals surface area contributed by atoms with E-state index in [4.69, 9.17) is 4.74 Å². The maximum Gasteiger partial charge on any atom is 0.136 e. The number of phenolic OH excluding ortho intramolecular Hbond substituents is 1. The first kappa shape index (κ1) is 16.1. The van der Waals surface area contributed by atoms with E-state index in [-0.39, 0.29) is 5.41 Å². The largest absolute Gasteiger partial charge is 0.508 e. The van der Waals surface area contributed by atoms with Crippen LogP contribution >= 0.6 is 11.3 Å². The summed E-state index contributed by atoms with van der Waals surface area (Å²) in [7, 11) is -1.55. The van der Waals surface area contributed by atoms with Crippen LogP contribution in [0, 0.1) is 0 Å². The zero-order chi connectivity index (χ0) is 15.7. The van der Waals surface area contributed by atoms with Crippen LogP contribution in [0.4, 0.5) is 0 Å². The molecule has 0 amide bonds. The molecular formula is C17H24O2SSi. The lowest BCUT2D eigenvalue weighted by Gasteiger charge is -2.24. The van der Waals surface area contributed by atoms with E-state index in [1.807, 2.05) is 23.5 Å². The van der Waals surface area contributed by atoms with Gasteiger partial charge in [-0.3, -0.25) is 0 Å². The number of phenols is 1. The second kappa shape index (κ2) is 5.85. The minimum Gasteiger partial charge on any atom is -0.508 e. The highest BCUT2D eigenvalue weighted by molar-refractivity contribution is 7.25. The summed E-state index contributed by atoms with van der Waals surface area (Å²) in [6, 6.07) is 9.86. The molecule has 0 atom stereocenters. The average molecular weight is 321 g/mol. The number of rotatable bonds is 4. The van der Waals surface area contributed by atoms with Crippen molar-refractivity contribution in [2.45, 2.75) is 39.3 Å². The predicted octanol–water partition coefficient (Wildman–Crippen LogP) is 4.28. The molecular weight excluding hydrogens is 296 g/mol. The van der Waals surface area contributed by atoms with Gasteiger partial charge >= 0.3 is 0 Å². The molecule has 0 aliphatic rings. The monoisotopic (exact) mass is 320 g/mol. The van der Waals surface area contributed by atoms with Crippen molar-refractivity contribution < 1.29 is 9.84 Å². The zero-order valence-electron chi connectivity index (χ0n) is 13.4. The van der Waals surface area contributed by atoms with Gasteiger partial charge in [-0.2, -0.15) is 11.3 Å². The minimum absolute atomic E-state index is 0.0931. The van der Waals surface area contributed by atoms with Crippen LogP contribution in [0.25, 0.3) is 0 Å². The third kappa shape index (κ3) is 3.89. The van der Waals surface area contributed by atoms with E-state index in [0.29, 0.717) is 5.75 Å². The van der Waals surface area contributed by atoms with Crippen LogP contribution < -0.4 is 9.24 Å². The van der Waals surface area contributed by atoms with E-state index in [1.165, 1.54) is 4.50 Å². The van der Waals surface area contributed by atoms with Crippen molar-refractivity contribution in [1.29, 1.82) is 0 Å². The molecule has 114 valence electrons.